The Morgan fingerprint density at radius 1 is 1.17 bits per heavy atom. The number of likely N-dealkylation sites (N-methyl/N-ethyl adjacent to an activating group) is 1. The Hall–Kier alpha value is -1.92. The van der Waals surface area contributed by atoms with Gasteiger partial charge in [0.05, 0.1) is 13.2 Å². The minimum atomic E-state index is -0.725. The quantitative estimate of drug-likeness (QED) is 0.845. The van der Waals surface area contributed by atoms with Crippen LogP contribution in [0.5, 0.6) is 0 Å². The van der Waals surface area contributed by atoms with Gasteiger partial charge in [0, 0.05) is 26.2 Å². The molecule has 24 heavy (non-hydrogen) atoms. The van der Waals surface area contributed by atoms with Gasteiger partial charge in [-0.05, 0) is 25.3 Å². The van der Waals surface area contributed by atoms with Crippen molar-refractivity contribution in [2.24, 2.45) is 0 Å². The van der Waals surface area contributed by atoms with Crippen molar-refractivity contribution in [3.8, 4) is 0 Å². The standard InChI is InChI=1S/C18H25N3O3/c1-14(13-22)20-10-8-18(9-11-20)16(23)21(17(24)19(18)2)12-15-6-4-3-5-7-15/h3-7,14,22H,8-13H2,1-2H3/t14-/m1/s1. The first-order chi connectivity index (χ1) is 11.5. The molecule has 3 amide bonds. The summed E-state index contributed by atoms with van der Waals surface area (Å²) in [6.07, 6.45) is 1.23. The van der Waals surface area contributed by atoms with Crippen molar-refractivity contribution < 1.29 is 14.7 Å². The first kappa shape index (κ1) is 16.9. The van der Waals surface area contributed by atoms with Crippen LogP contribution in [0.15, 0.2) is 30.3 Å². The molecule has 3 rings (SSSR count). The van der Waals surface area contributed by atoms with Gasteiger partial charge in [0.25, 0.3) is 5.91 Å². The molecule has 1 aromatic rings. The predicted octanol–water partition coefficient (Wildman–Crippen LogP) is 1.30. The Morgan fingerprint density at radius 3 is 2.38 bits per heavy atom. The van der Waals surface area contributed by atoms with E-state index in [4.69, 9.17) is 0 Å². The van der Waals surface area contributed by atoms with Gasteiger partial charge < -0.3 is 10.0 Å². The van der Waals surface area contributed by atoms with E-state index in [2.05, 4.69) is 4.90 Å². The van der Waals surface area contributed by atoms with Crippen LogP contribution in [0.1, 0.15) is 25.3 Å². The Labute approximate surface area is 142 Å². The van der Waals surface area contributed by atoms with Gasteiger partial charge >= 0.3 is 6.03 Å². The van der Waals surface area contributed by atoms with Gasteiger partial charge in [-0.3, -0.25) is 14.6 Å². The lowest BCUT2D eigenvalue weighted by Crippen LogP contribution is -2.57. The molecule has 2 heterocycles. The highest BCUT2D eigenvalue weighted by Gasteiger charge is 2.56. The van der Waals surface area contributed by atoms with Crippen LogP contribution in [0.4, 0.5) is 4.79 Å². The molecule has 0 saturated carbocycles. The normalized spacial score (nSPS) is 22.5. The van der Waals surface area contributed by atoms with Crippen molar-refractivity contribution in [3.63, 3.8) is 0 Å². The van der Waals surface area contributed by atoms with E-state index in [-0.39, 0.29) is 24.6 Å². The summed E-state index contributed by atoms with van der Waals surface area (Å²) in [5, 5.41) is 9.31. The van der Waals surface area contributed by atoms with Gasteiger partial charge in [0.1, 0.15) is 5.54 Å². The molecule has 2 saturated heterocycles. The fourth-order valence-electron chi connectivity index (χ4n) is 3.75. The van der Waals surface area contributed by atoms with Crippen molar-refractivity contribution in [2.45, 2.75) is 37.9 Å². The lowest BCUT2D eigenvalue weighted by atomic mass is 9.85. The summed E-state index contributed by atoms with van der Waals surface area (Å²) in [5.74, 6) is -0.0878. The number of rotatable bonds is 4. The first-order valence-electron chi connectivity index (χ1n) is 8.48. The second-order valence-corrected chi connectivity index (χ2v) is 6.82. The van der Waals surface area contributed by atoms with Gasteiger partial charge in [-0.25, -0.2) is 4.79 Å². The number of benzene rings is 1. The van der Waals surface area contributed by atoms with Crippen molar-refractivity contribution in [2.75, 3.05) is 26.7 Å². The first-order valence-corrected chi connectivity index (χ1v) is 8.48. The van der Waals surface area contributed by atoms with E-state index in [1.54, 1.807) is 11.9 Å². The second-order valence-electron chi connectivity index (χ2n) is 6.82. The highest BCUT2D eigenvalue weighted by molar-refractivity contribution is 6.06. The van der Waals surface area contributed by atoms with Gasteiger partial charge in [0.2, 0.25) is 0 Å². The van der Waals surface area contributed by atoms with Crippen molar-refractivity contribution in [1.29, 1.82) is 0 Å². The number of aliphatic hydroxyl groups is 1. The van der Waals surface area contributed by atoms with Crippen LogP contribution in [-0.2, 0) is 11.3 Å². The SMILES string of the molecule is C[C@H](CO)N1CCC2(CC1)C(=O)N(Cc1ccccc1)C(=O)N2C. The van der Waals surface area contributed by atoms with Gasteiger partial charge in [0.15, 0.2) is 0 Å². The van der Waals surface area contributed by atoms with E-state index in [9.17, 15) is 14.7 Å². The third-order valence-electron chi connectivity index (χ3n) is 5.50. The van der Waals surface area contributed by atoms with Crippen LogP contribution in [0.2, 0.25) is 0 Å². The molecule has 1 N–H and O–H groups in total. The molecule has 2 aliphatic rings. The van der Waals surface area contributed by atoms with E-state index >= 15 is 0 Å². The van der Waals surface area contributed by atoms with Crippen molar-refractivity contribution >= 4 is 11.9 Å². The Balaban J connectivity index is 1.76. The summed E-state index contributed by atoms with van der Waals surface area (Å²) >= 11 is 0. The fraction of sp³-hybridized carbons (Fsp3) is 0.556. The maximum Gasteiger partial charge on any atom is 0.327 e. The predicted molar refractivity (Wildman–Crippen MR) is 90.2 cm³/mol. The molecule has 0 bridgehead atoms. The molecule has 1 aromatic carbocycles. The number of hydrogen-bond donors (Lipinski definition) is 1. The Bertz CT molecular complexity index is 611. The number of likely N-dealkylation sites (tertiary alicyclic amines) is 1. The van der Waals surface area contributed by atoms with Crippen LogP contribution in [0, 0.1) is 0 Å². The van der Waals surface area contributed by atoms with Crippen LogP contribution < -0.4 is 0 Å². The topological polar surface area (TPSA) is 64.1 Å². The average Bonchev–Trinajstić information content (AvgIpc) is 2.79. The molecule has 2 fully saturated rings. The number of urea groups is 1. The van der Waals surface area contributed by atoms with Crippen LogP contribution in [-0.4, -0.2) is 70.1 Å². The largest absolute Gasteiger partial charge is 0.395 e. The molecule has 1 spiro atoms. The van der Waals surface area contributed by atoms with E-state index in [0.717, 1.165) is 5.56 Å². The number of amides is 3. The third-order valence-corrected chi connectivity index (χ3v) is 5.50. The zero-order valence-electron chi connectivity index (χ0n) is 14.3. The molecule has 0 radical (unpaired) electrons. The molecular weight excluding hydrogens is 306 g/mol. The molecule has 1 atom stereocenters. The summed E-state index contributed by atoms with van der Waals surface area (Å²) in [4.78, 5) is 30.9. The van der Waals surface area contributed by atoms with Gasteiger partial charge in [-0.15, -0.1) is 0 Å². The van der Waals surface area contributed by atoms with Crippen LogP contribution >= 0.6 is 0 Å². The maximum atomic E-state index is 13.0. The molecule has 0 aromatic heterocycles. The summed E-state index contributed by atoms with van der Waals surface area (Å²) in [6.45, 7) is 3.83. The van der Waals surface area contributed by atoms with Crippen LogP contribution in [0.25, 0.3) is 0 Å². The highest BCUT2D eigenvalue weighted by atomic mass is 16.3. The second kappa shape index (κ2) is 6.53. The minimum Gasteiger partial charge on any atom is -0.395 e. The molecule has 2 aliphatic heterocycles. The number of piperidine rings is 1. The van der Waals surface area contributed by atoms with E-state index in [1.165, 1.54) is 4.90 Å². The number of hydrogen-bond acceptors (Lipinski definition) is 4. The number of carbonyl (C=O) groups excluding carboxylic acids is 2. The maximum absolute atomic E-state index is 13.0. The summed E-state index contributed by atoms with van der Waals surface area (Å²) < 4.78 is 0. The zero-order valence-corrected chi connectivity index (χ0v) is 14.3. The van der Waals surface area contributed by atoms with Crippen molar-refractivity contribution in [1.82, 2.24) is 14.7 Å². The summed E-state index contributed by atoms with van der Waals surface area (Å²) in [7, 11) is 1.73. The number of imide groups is 1. The monoisotopic (exact) mass is 331 g/mol. The molecular formula is C18H25N3O3. The zero-order chi connectivity index (χ0) is 17.3. The fourth-order valence-corrected chi connectivity index (χ4v) is 3.75. The van der Waals surface area contributed by atoms with E-state index in [1.807, 2.05) is 37.3 Å². The molecule has 6 nitrogen and oxygen atoms in total. The average molecular weight is 331 g/mol. The lowest BCUT2D eigenvalue weighted by Gasteiger charge is -2.42. The number of aliphatic hydroxyl groups excluding tert-OH is 1. The van der Waals surface area contributed by atoms with Crippen LogP contribution in [0.3, 0.4) is 0 Å². The Kier molecular flexibility index (Phi) is 4.60. The highest BCUT2D eigenvalue weighted by Crippen LogP contribution is 2.37. The molecule has 130 valence electrons. The van der Waals surface area contributed by atoms with E-state index in [0.29, 0.717) is 32.5 Å². The number of carbonyl (C=O) groups is 2. The van der Waals surface area contributed by atoms with Gasteiger partial charge in [-0.2, -0.15) is 0 Å². The smallest absolute Gasteiger partial charge is 0.327 e. The Morgan fingerprint density at radius 2 is 1.79 bits per heavy atom. The van der Waals surface area contributed by atoms with E-state index < -0.39 is 5.54 Å². The molecule has 6 heteroatoms. The molecule has 0 aliphatic carbocycles. The third kappa shape index (κ3) is 2.70. The summed E-state index contributed by atoms with van der Waals surface area (Å²) in [5.41, 5.74) is 0.230. The van der Waals surface area contributed by atoms with Crippen molar-refractivity contribution in [3.05, 3.63) is 35.9 Å². The molecule has 0 unspecified atom stereocenters. The van der Waals surface area contributed by atoms with Gasteiger partial charge in [-0.1, -0.05) is 30.3 Å². The minimum absolute atomic E-state index is 0.0836. The summed E-state index contributed by atoms with van der Waals surface area (Å²) in [6, 6.07) is 9.47. The lowest BCUT2D eigenvalue weighted by molar-refractivity contribution is -0.136. The number of nitrogens with zero attached hydrogens (tertiary/aromatic N) is 3.